The predicted molar refractivity (Wildman–Crippen MR) is 67.0 cm³/mol. The van der Waals surface area contributed by atoms with E-state index >= 15 is 0 Å². The third-order valence-electron chi connectivity index (χ3n) is 2.95. The molecule has 1 N–H and O–H groups in total. The number of nitrogens with one attached hydrogen (secondary N) is 1. The van der Waals surface area contributed by atoms with Crippen LogP contribution in [0.25, 0.3) is 0 Å². The van der Waals surface area contributed by atoms with E-state index in [-0.39, 0.29) is 5.91 Å². The summed E-state index contributed by atoms with van der Waals surface area (Å²) in [5.41, 5.74) is 1.09. The molecule has 0 aliphatic carbocycles. The molecule has 94 valence electrons. The fraction of sp³-hybridized carbons (Fsp3) is 0.429. The number of carbonyl (C=O) groups is 1. The molecule has 0 saturated heterocycles. The van der Waals surface area contributed by atoms with E-state index in [2.05, 4.69) is 11.4 Å². The molecule has 0 spiro atoms. The molecule has 1 aliphatic rings. The Labute approximate surface area is 107 Å². The van der Waals surface area contributed by atoms with Gasteiger partial charge in [0.25, 0.3) is 5.91 Å². The van der Waals surface area contributed by atoms with Crippen LogP contribution in [0.3, 0.4) is 0 Å². The summed E-state index contributed by atoms with van der Waals surface area (Å²) in [5, 5.41) is 11.2. The van der Waals surface area contributed by atoms with Crippen LogP contribution in [0.15, 0.2) is 24.3 Å². The van der Waals surface area contributed by atoms with Crippen molar-refractivity contribution in [3.05, 3.63) is 29.8 Å². The first-order valence-corrected chi connectivity index (χ1v) is 6.20. The van der Waals surface area contributed by atoms with Gasteiger partial charge in [-0.15, -0.1) is 0 Å². The Morgan fingerprint density at radius 3 is 3.06 bits per heavy atom. The number of nitriles is 1. The molecule has 4 nitrogen and oxygen atoms in total. The van der Waals surface area contributed by atoms with Crippen LogP contribution in [0.4, 0.5) is 0 Å². The molecule has 18 heavy (non-hydrogen) atoms. The Morgan fingerprint density at radius 2 is 2.28 bits per heavy atom. The van der Waals surface area contributed by atoms with Crippen LogP contribution in [0, 0.1) is 11.3 Å². The molecule has 4 heteroatoms. The average Bonchev–Trinajstić information content (AvgIpc) is 2.82. The van der Waals surface area contributed by atoms with Crippen LogP contribution in [-0.4, -0.2) is 18.6 Å². The zero-order chi connectivity index (χ0) is 12.8. The lowest BCUT2D eigenvalue weighted by atomic mass is 10.1. The lowest BCUT2D eigenvalue weighted by Gasteiger charge is -2.10. The van der Waals surface area contributed by atoms with E-state index in [1.165, 1.54) is 0 Å². The van der Waals surface area contributed by atoms with Crippen LogP contribution in [-0.2, 0) is 11.2 Å². The Balaban J connectivity index is 1.74. The summed E-state index contributed by atoms with van der Waals surface area (Å²) in [6, 6.07) is 9.80. The second kappa shape index (κ2) is 6.06. The molecule has 1 aliphatic heterocycles. The smallest absolute Gasteiger partial charge is 0.261 e. The molecule has 0 radical (unpaired) electrons. The first-order valence-electron chi connectivity index (χ1n) is 6.20. The molecule has 1 atom stereocenters. The van der Waals surface area contributed by atoms with E-state index in [9.17, 15) is 4.79 Å². The summed E-state index contributed by atoms with van der Waals surface area (Å²) in [5.74, 6) is 0.741. The van der Waals surface area contributed by atoms with Gasteiger partial charge in [0.1, 0.15) is 5.75 Å². The second-order valence-electron chi connectivity index (χ2n) is 4.32. The number of rotatable bonds is 5. The molecule has 0 saturated carbocycles. The van der Waals surface area contributed by atoms with Crippen LogP contribution < -0.4 is 10.1 Å². The summed E-state index contributed by atoms with van der Waals surface area (Å²) in [7, 11) is 0. The van der Waals surface area contributed by atoms with E-state index in [1.807, 2.05) is 24.3 Å². The van der Waals surface area contributed by atoms with Crippen molar-refractivity contribution in [2.45, 2.75) is 31.8 Å². The van der Waals surface area contributed by atoms with Crippen LogP contribution in [0.2, 0.25) is 0 Å². The normalized spacial score (nSPS) is 16.5. The highest BCUT2D eigenvalue weighted by Crippen LogP contribution is 2.27. The maximum Gasteiger partial charge on any atom is 0.261 e. The van der Waals surface area contributed by atoms with Crippen molar-refractivity contribution in [2.75, 3.05) is 6.54 Å². The van der Waals surface area contributed by atoms with Gasteiger partial charge in [-0.2, -0.15) is 5.26 Å². The van der Waals surface area contributed by atoms with Gasteiger partial charge in [-0.05, 0) is 24.5 Å². The highest BCUT2D eigenvalue weighted by Gasteiger charge is 2.28. The topological polar surface area (TPSA) is 62.1 Å². The quantitative estimate of drug-likeness (QED) is 0.803. The Morgan fingerprint density at radius 1 is 1.44 bits per heavy atom. The van der Waals surface area contributed by atoms with Crippen molar-refractivity contribution in [1.82, 2.24) is 5.32 Å². The summed E-state index contributed by atoms with van der Waals surface area (Å²) >= 11 is 0. The fourth-order valence-electron chi connectivity index (χ4n) is 1.98. The number of nitrogens with zero attached hydrogens (tertiary/aromatic N) is 1. The van der Waals surface area contributed by atoms with E-state index in [1.54, 1.807) is 0 Å². The molecule has 0 fully saturated rings. The first kappa shape index (κ1) is 12.4. The molecule has 0 aromatic heterocycles. The number of hydrogen-bond acceptors (Lipinski definition) is 3. The van der Waals surface area contributed by atoms with Gasteiger partial charge < -0.3 is 10.1 Å². The molecular formula is C14H16N2O2. The zero-order valence-corrected chi connectivity index (χ0v) is 10.2. The molecule has 0 bridgehead atoms. The molecule has 1 aromatic carbocycles. The molecule has 1 heterocycles. The van der Waals surface area contributed by atoms with E-state index < -0.39 is 6.10 Å². The molecule has 1 amide bonds. The number of unbranched alkanes of at least 4 members (excludes halogenated alkanes) is 2. The van der Waals surface area contributed by atoms with Gasteiger partial charge in [0.2, 0.25) is 0 Å². The number of fused-ring (bicyclic) bond motifs is 1. The van der Waals surface area contributed by atoms with Crippen LogP contribution in [0.5, 0.6) is 5.75 Å². The van der Waals surface area contributed by atoms with E-state index in [4.69, 9.17) is 10.00 Å². The second-order valence-corrected chi connectivity index (χ2v) is 4.32. The minimum absolute atomic E-state index is 0.0665. The SMILES string of the molecule is N#CCCCCNC(=O)C1Cc2ccccc2O1. The van der Waals surface area contributed by atoms with E-state index in [0.29, 0.717) is 19.4 Å². The van der Waals surface area contributed by atoms with E-state index in [0.717, 1.165) is 24.2 Å². The van der Waals surface area contributed by atoms with Gasteiger partial charge >= 0.3 is 0 Å². The summed E-state index contributed by atoms with van der Waals surface area (Å²) in [6.45, 7) is 0.608. The van der Waals surface area contributed by atoms with Gasteiger partial charge in [0.05, 0.1) is 6.07 Å². The van der Waals surface area contributed by atoms with Crippen molar-refractivity contribution < 1.29 is 9.53 Å². The minimum Gasteiger partial charge on any atom is -0.480 e. The molecular weight excluding hydrogens is 228 g/mol. The number of carbonyl (C=O) groups excluding carboxylic acids is 1. The largest absolute Gasteiger partial charge is 0.480 e. The third kappa shape index (κ3) is 3.01. The Hall–Kier alpha value is -2.02. The lowest BCUT2D eigenvalue weighted by Crippen LogP contribution is -2.37. The molecule has 2 rings (SSSR count). The highest BCUT2D eigenvalue weighted by atomic mass is 16.5. The molecule has 1 unspecified atom stereocenters. The number of amides is 1. The highest BCUT2D eigenvalue weighted by molar-refractivity contribution is 5.82. The van der Waals surface area contributed by atoms with Crippen LogP contribution in [0.1, 0.15) is 24.8 Å². The minimum atomic E-state index is -0.404. The van der Waals surface area contributed by atoms with Crippen molar-refractivity contribution in [1.29, 1.82) is 5.26 Å². The maximum atomic E-state index is 11.8. The number of hydrogen-bond donors (Lipinski definition) is 1. The van der Waals surface area contributed by atoms with Gasteiger partial charge in [-0.25, -0.2) is 0 Å². The third-order valence-corrected chi connectivity index (χ3v) is 2.95. The number of ether oxygens (including phenoxy) is 1. The first-order chi connectivity index (χ1) is 8.81. The Bertz CT molecular complexity index is 440. The Kier molecular flexibility index (Phi) is 4.19. The predicted octanol–water partition coefficient (Wildman–Crippen LogP) is 1.80. The summed E-state index contributed by atoms with van der Waals surface area (Å²) in [6.07, 6.45) is 2.43. The van der Waals surface area contributed by atoms with Gasteiger partial charge in [-0.3, -0.25) is 4.79 Å². The number of para-hydroxylation sites is 1. The average molecular weight is 244 g/mol. The fourth-order valence-corrected chi connectivity index (χ4v) is 1.98. The maximum absolute atomic E-state index is 11.8. The standard InChI is InChI=1S/C14H16N2O2/c15-8-4-1-5-9-16-14(17)13-10-11-6-2-3-7-12(11)18-13/h2-3,6-7,13H,1,4-5,9-10H2,(H,16,17). The summed E-state index contributed by atoms with van der Waals surface area (Å²) < 4.78 is 5.58. The van der Waals surface area contributed by atoms with Gasteiger partial charge in [0, 0.05) is 19.4 Å². The summed E-state index contributed by atoms with van der Waals surface area (Å²) in [4.78, 5) is 11.8. The van der Waals surface area contributed by atoms with Crippen molar-refractivity contribution >= 4 is 5.91 Å². The van der Waals surface area contributed by atoms with Gasteiger partial charge in [-0.1, -0.05) is 18.2 Å². The monoisotopic (exact) mass is 244 g/mol. The number of benzene rings is 1. The van der Waals surface area contributed by atoms with Crippen molar-refractivity contribution in [3.8, 4) is 11.8 Å². The van der Waals surface area contributed by atoms with Crippen LogP contribution >= 0.6 is 0 Å². The van der Waals surface area contributed by atoms with Gasteiger partial charge in [0.15, 0.2) is 6.10 Å². The lowest BCUT2D eigenvalue weighted by molar-refractivity contribution is -0.127. The van der Waals surface area contributed by atoms with Crippen molar-refractivity contribution in [3.63, 3.8) is 0 Å². The molecule has 1 aromatic rings. The zero-order valence-electron chi connectivity index (χ0n) is 10.2. The van der Waals surface area contributed by atoms with Crippen molar-refractivity contribution in [2.24, 2.45) is 0 Å².